The van der Waals surface area contributed by atoms with Crippen molar-refractivity contribution in [3.05, 3.63) is 47.4 Å². The Morgan fingerprint density at radius 2 is 1.82 bits per heavy atom. The molecular formula is C29H40FN3O6S. The second kappa shape index (κ2) is 11.9. The van der Waals surface area contributed by atoms with Gasteiger partial charge in [0.15, 0.2) is 5.79 Å². The van der Waals surface area contributed by atoms with Crippen molar-refractivity contribution in [3.8, 4) is 11.3 Å². The first-order chi connectivity index (χ1) is 18.3. The van der Waals surface area contributed by atoms with E-state index in [0.29, 0.717) is 28.9 Å². The van der Waals surface area contributed by atoms with Gasteiger partial charge in [0.1, 0.15) is 11.4 Å². The van der Waals surface area contributed by atoms with E-state index in [1.807, 2.05) is 46.8 Å². The Morgan fingerprint density at radius 1 is 1.20 bits per heavy atom. The zero-order chi connectivity index (χ0) is 30.0. The summed E-state index contributed by atoms with van der Waals surface area (Å²) < 4.78 is 57.0. The van der Waals surface area contributed by atoms with Gasteiger partial charge in [-0.15, -0.1) is 0 Å². The normalized spacial score (nSPS) is 19.7. The molecule has 0 N–H and O–H groups in total. The van der Waals surface area contributed by atoms with E-state index in [-0.39, 0.29) is 24.3 Å². The van der Waals surface area contributed by atoms with E-state index in [0.717, 1.165) is 10.6 Å². The van der Waals surface area contributed by atoms with Gasteiger partial charge in [0, 0.05) is 24.6 Å². The molecule has 0 unspecified atom stereocenters. The summed E-state index contributed by atoms with van der Waals surface area (Å²) in [6, 6.07) is 5.83. The van der Waals surface area contributed by atoms with Gasteiger partial charge in [-0.1, -0.05) is 26.0 Å². The van der Waals surface area contributed by atoms with Crippen LogP contribution in [0.3, 0.4) is 0 Å². The smallest absolute Gasteiger partial charge is 0.308 e. The molecule has 0 radical (unpaired) electrons. The Balaban J connectivity index is 2.04. The van der Waals surface area contributed by atoms with Gasteiger partial charge >= 0.3 is 5.97 Å². The third-order valence-electron chi connectivity index (χ3n) is 6.08. The van der Waals surface area contributed by atoms with Crippen LogP contribution in [0.25, 0.3) is 17.3 Å². The molecular weight excluding hydrogens is 537 g/mol. The minimum Gasteiger partial charge on any atom is -0.460 e. The molecule has 1 aliphatic heterocycles. The molecule has 0 bridgehead atoms. The fourth-order valence-electron chi connectivity index (χ4n) is 4.36. The maximum absolute atomic E-state index is 13.8. The molecule has 3 rings (SSSR count). The number of carbonyl (C=O) groups excluding carboxylic acids is 1. The largest absolute Gasteiger partial charge is 0.460 e. The van der Waals surface area contributed by atoms with Crippen LogP contribution < -0.4 is 4.31 Å². The van der Waals surface area contributed by atoms with Crippen LogP contribution in [-0.2, 0) is 29.0 Å². The van der Waals surface area contributed by atoms with Crippen molar-refractivity contribution in [2.45, 2.75) is 90.8 Å². The molecule has 9 nitrogen and oxygen atoms in total. The maximum atomic E-state index is 13.8. The summed E-state index contributed by atoms with van der Waals surface area (Å²) in [5.74, 6) is -1.78. The molecule has 220 valence electrons. The summed E-state index contributed by atoms with van der Waals surface area (Å²) in [5.41, 5.74) is 1.73. The van der Waals surface area contributed by atoms with Gasteiger partial charge in [0.25, 0.3) is 0 Å². The Bertz CT molecular complexity index is 1350. The van der Waals surface area contributed by atoms with E-state index in [1.165, 1.54) is 19.2 Å². The van der Waals surface area contributed by atoms with Gasteiger partial charge in [-0.05, 0) is 64.8 Å². The average molecular weight is 578 g/mol. The third-order valence-corrected chi connectivity index (χ3v) is 7.24. The summed E-state index contributed by atoms with van der Waals surface area (Å²) in [7, 11) is -2.24. The number of hydrogen-bond donors (Lipinski definition) is 0. The SMILES string of the molecule is CC(C)c1nc(N(C)S(C)(=O)=O)nc(-c2ccc(F)cc2)c1/C=C\[C@@H]1C[C@@H](CC(=O)OC(C)(C)C)OC(C)(C)O1. The molecule has 1 aliphatic rings. The number of aromatic nitrogens is 2. The van der Waals surface area contributed by atoms with Crippen LogP contribution >= 0.6 is 0 Å². The molecule has 2 aromatic rings. The van der Waals surface area contributed by atoms with Gasteiger partial charge in [0.2, 0.25) is 16.0 Å². The van der Waals surface area contributed by atoms with Crippen molar-refractivity contribution >= 4 is 28.0 Å². The zero-order valence-corrected chi connectivity index (χ0v) is 25.5. The molecule has 40 heavy (non-hydrogen) atoms. The van der Waals surface area contributed by atoms with Crippen molar-refractivity contribution < 1.29 is 31.8 Å². The minimum absolute atomic E-state index is 0.0172. The molecule has 11 heteroatoms. The predicted molar refractivity (Wildman–Crippen MR) is 153 cm³/mol. The highest BCUT2D eigenvalue weighted by atomic mass is 32.2. The first-order valence-corrected chi connectivity index (χ1v) is 15.1. The highest BCUT2D eigenvalue weighted by molar-refractivity contribution is 7.92. The standard InChI is InChI=1S/C29H40FN3O6S/c1-18(2)25-23(15-14-21-16-22(38-29(6,7)37-21)17-24(34)39-28(3,4)5)26(19-10-12-20(30)13-11-19)32-27(31-25)33(8)40(9,35)36/h10-15,18,21-22H,16-17H2,1-9H3/b15-14-/t21-,22+/m1/s1. The number of benzene rings is 1. The number of rotatable bonds is 8. The first-order valence-electron chi connectivity index (χ1n) is 13.2. The number of ether oxygens (including phenoxy) is 3. The molecule has 1 aromatic carbocycles. The van der Waals surface area contributed by atoms with Gasteiger partial charge in [0.05, 0.1) is 36.3 Å². The van der Waals surface area contributed by atoms with Crippen molar-refractivity contribution in [1.29, 1.82) is 0 Å². The maximum Gasteiger partial charge on any atom is 0.308 e. The number of esters is 1. The van der Waals surface area contributed by atoms with Crippen LogP contribution in [0.1, 0.15) is 78.5 Å². The van der Waals surface area contributed by atoms with Crippen LogP contribution in [-0.4, -0.2) is 61.3 Å². The van der Waals surface area contributed by atoms with E-state index in [1.54, 1.807) is 26.0 Å². The Morgan fingerprint density at radius 3 is 2.38 bits per heavy atom. The Hall–Kier alpha value is -2.89. The van der Waals surface area contributed by atoms with Crippen LogP contribution in [0.15, 0.2) is 30.3 Å². The lowest BCUT2D eigenvalue weighted by molar-refractivity contribution is -0.290. The quantitative estimate of drug-likeness (QED) is 0.381. The number of hydrogen-bond acceptors (Lipinski definition) is 8. The number of anilines is 1. The topological polar surface area (TPSA) is 108 Å². The number of halogens is 1. The van der Waals surface area contributed by atoms with Crippen LogP contribution in [0.2, 0.25) is 0 Å². The lowest BCUT2D eigenvalue weighted by Crippen LogP contribution is -2.45. The average Bonchev–Trinajstić information content (AvgIpc) is 2.79. The van der Waals surface area contributed by atoms with E-state index in [9.17, 15) is 17.6 Å². The Kier molecular flexibility index (Phi) is 9.43. The Labute approximate surface area is 236 Å². The fraction of sp³-hybridized carbons (Fsp3) is 0.552. The molecule has 2 heterocycles. The number of sulfonamides is 1. The molecule has 1 aromatic heterocycles. The third kappa shape index (κ3) is 8.55. The molecule has 0 spiro atoms. The van der Waals surface area contributed by atoms with Crippen LogP contribution in [0, 0.1) is 5.82 Å². The van der Waals surface area contributed by atoms with Crippen molar-refractivity contribution in [2.24, 2.45) is 0 Å². The number of nitrogens with zero attached hydrogens (tertiary/aromatic N) is 3. The zero-order valence-electron chi connectivity index (χ0n) is 24.7. The van der Waals surface area contributed by atoms with Crippen LogP contribution in [0.5, 0.6) is 0 Å². The first kappa shape index (κ1) is 31.6. The van der Waals surface area contributed by atoms with Crippen molar-refractivity contribution in [1.82, 2.24) is 9.97 Å². The molecule has 1 saturated heterocycles. The molecule has 0 amide bonds. The second-order valence-electron chi connectivity index (χ2n) is 11.7. The lowest BCUT2D eigenvalue weighted by atomic mass is 9.97. The van der Waals surface area contributed by atoms with Crippen molar-refractivity contribution in [3.63, 3.8) is 0 Å². The van der Waals surface area contributed by atoms with Gasteiger partial charge in [-0.25, -0.2) is 27.1 Å². The molecule has 2 atom stereocenters. The molecule has 1 fully saturated rings. The highest BCUT2D eigenvalue weighted by Gasteiger charge is 2.36. The minimum atomic E-state index is -3.63. The van der Waals surface area contributed by atoms with Crippen molar-refractivity contribution in [2.75, 3.05) is 17.6 Å². The van der Waals surface area contributed by atoms with E-state index >= 15 is 0 Å². The van der Waals surface area contributed by atoms with Gasteiger partial charge in [-0.2, -0.15) is 0 Å². The number of carbonyl (C=O) groups is 1. The van der Waals surface area contributed by atoms with E-state index in [2.05, 4.69) is 9.97 Å². The summed E-state index contributed by atoms with van der Waals surface area (Å²) in [6.45, 7) is 12.9. The summed E-state index contributed by atoms with van der Waals surface area (Å²) in [5, 5.41) is 0. The second-order valence-corrected chi connectivity index (χ2v) is 13.8. The molecule has 0 aliphatic carbocycles. The fourth-order valence-corrected chi connectivity index (χ4v) is 4.74. The van der Waals surface area contributed by atoms with E-state index in [4.69, 9.17) is 14.2 Å². The summed E-state index contributed by atoms with van der Waals surface area (Å²) in [6.07, 6.45) is 4.46. The monoisotopic (exact) mass is 577 g/mol. The van der Waals surface area contributed by atoms with Gasteiger partial charge in [-0.3, -0.25) is 4.79 Å². The highest BCUT2D eigenvalue weighted by Crippen LogP contribution is 2.34. The van der Waals surface area contributed by atoms with Gasteiger partial charge < -0.3 is 14.2 Å². The molecule has 0 saturated carbocycles. The summed E-state index contributed by atoms with van der Waals surface area (Å²) in [4.78, 5) is 21.7. The van der Waals surface area contributed by atoms with E-state index < -0.39 is 39.4 Å². The lowest BCUT2D eigenvalue weighted by Gasteiger charge is -2.39. The predicted octanol–water partition coefficient (Wildman–Crippen LogP) is 5.46. The van der Waals surface area contributed by atoms with Crippen LogP contribution in [0.4, 0.5) is 10.3 Å². The summed E-state index contributed by atoms with van der Waals surface area (Å²) >= 11 is 0.